The van der Waals surface area contributed by atoms with Crippen LogP contribution in [0.3, 0.4) is 0 Å². The van der Waals surface area contributed by atoms with E-state index in [1.54, 1.807) is 7.11 Å². The minimum atomic E-state index is -5.71. The lowest BCUT2D eigenvalue weighted by molar-refractivity contribution is -0.308. The summed E-state index contributed by atoms with van der Waals surface area (Å²) in [5, 5.41) is 0. The number of ether oxygens (including phenoxy) is 2. The summed E-state index contributed by atoms with van der Waals surface area (Å²) in [4.78, 5) is 12.7. The van der Waals surface area contributed by atoms with E-state index in [1.165, 1.54) is 0 Å². The average molecular weight is 427 g/mol. The largest absolute Gasteiger partial charge is 0.497 e. The lowest BCUT2D eigenvalue weighted by Gasteiger charge is -2.39. The van der Waals surface area contributed by atoms with Gasteiger partial charge in [0.25, 0.3) is 6.10 Å². The van der Waals surface area contributed by atoms with Crippen LogP contribution in [0.25, 0.3) is 0 Å². The maximum Gasteiger partial charge on any atom is 0.434 e. The lowest BCUT2D eigenvalue weighted by Crippen LogP contribution is -2.50. The van der Waals surface area contributed by atoms with Gasteiger partial charge in [-0.15, -0.1) is 0 Å². The fourth-order valence-electron chi connectivity index (χ4n) is 3.21. The van der Waals surface area contributed by atoms with Crippen LogP contribution in [0.5, 0.6) is 5.75 Å². The molecule has 0 aliphatic carbocycles. The van der Waals surface area contributed by atoms with E-state index in [0.717, 1.165) is 29.1 Å². The van der Waals surface area contributed by atoms with Crippen molar-refractivity contribution in [2.75, 3.05) is 20.2 Å². The number of rotatable bonds is 5. The van der Waals surface area contributed by atoms with Crippen LogP contribution in [0.1, 0.15) is 31.7 Å². The first-order valence-corrected chi connectivity index (χ1v) is 9.06. The molecule has 1 fully saturated rings. The van der Waals surface area contributed by atoms with Gasteiger partial charge in [-0.2, -0.15) is 26.3 Å². The zero-order valence-electron chi connectivity index (χ0n) is 16.1. The Kier molecular flexibility index (Phi) is 6.95. The summed E-state index contributed by atoms with van der Waals surface area (Å²) in [6.07, 6.45) is -14.7. The minimum Gasteiger partial charge on any atom is -0.497 e. The normalized spacial score (nSPS) is 17.3. The Balaban J connectivity index is 1.88. The summed E-state index contributed by atoms with van der Waals surface area (Å²) in [5.41, 5.74) is 0.913. The van der Waals surface area contributed by atoms with Crippen LogP contribution >= 0.6 is 0 Å². The molecule has 164 valence electrons. The molecule has 0 aromatic heterocycles. The van der Waals surface area contributed by atoms with E-state index in [1.807, 2.05) is 31.2 Å². The molecular formula is C19H23F6NO3. The van der Waals surface area contributed by atoms with Gasteiger partial charge in [-0.3, -0.25) is 0 Å². The number of nitrogens with zero attached hydrogens (tertiary/aromatic N) is 1. The van der Waals surface area contributed by atoms with Gasteiger partial charge in [0.2, 0.25) is 0 Å². The zero-order chi connectivity index (χ0) is 21.9. The molecule has 29 heavy (non-hydrogen) atoms. The van der Waals surface area contributed by atoms with Crippen molar-refractivity contribution in [3.05, 3.63) is 29.8 Å². The smallest absolute Gasteiger partial charge is 0.434 e. The summed E-state index contributed by atoms with van der Waals surface area (Å²) < 4.78 is 84.2. The summed E-state index contributed by atoms with van der Waals surface area (Å²) in [5.74, 6) is 0.739. The number of halogens is 6. The van der Waals surface area contributed by atoms with Crippen LogP contribution < -0.4 is 4.74 Å². The molecular weight excluding hydrogens is 404 g/mol. The van der Waals surface area contributed by atoms with Crippen LogP contribution in [0.4, 0.5) is 31.1 Å². The standard InChI is InChI=1S/C19H23F6NO3/c1-17(8-7-13-3-5-14(28-2)6-4-13)9-11-26(12-10-17)16(27)29-15(18(20,21)22)19(23,24)25/h3-6,15H,7-12H2,1-2H3. The predicted molar refractivity (Wildman–Crippen MR) is 92.6 cm³/mol. The van der Waals surface area contributed by atoms with Crippen molar-refractivity contribution in [1.29, 1.82) is 0 Å². The average Bonchev–Trinajstić information content (AvgIpc) is 2.63. The quantitative estimate of drug-likeness (QED) is 0.594. The highest BCUT2D eigenvalue weighted by Crippen LogP contribution is 2.38. The molecule has 0 atom stereocenters. The SMILES string of the molecule is COc1ccc(CCC2(C)CCN(C(=O)OC(C(F)(F)F)C(F)(F)F)CC2)cc1. The topological polar surface area (TPSA) is 38.8 Å². The molecule has 1 aromatic rings. The van der Waals surface area contributed by atoms with Gasteiger partial charge in [0.1, 0.15) is 5.75 Å². The van der Waals surface area contributed by atoms with Crippen molar-refractivity contribution in [3.63, 3.8) is 0 Å². The Labute approximate surface area is 164 Å². The van der Waals surface area contributed by atoms with Gasteiger partial charge in [0.05, 0.1) is 7.11 Å². The van der Waals surface area contributed by atoms with E-state index in [9.17, 15) is 31.1 Å². The van der Waals surface area contributed by atoms with Crippen molar-refractivity contribution < 1.29 is 40.6 Å². The van der Waals surface area contributed by atoms with E-state index in [4.69, 9.17) is 4.74 Å². The molecule has 1 heterocycles. The Hall–Kier alpha value is -2.13. The Morgan fingerprint density at radius 1 is 1.07 bits per heavy atom. The number of aryl methyl sites for hydroxylation is 1. The molecule has 0 unspecified atom stereocenters. The predicted octanol–water partition coefficient (Wildman–Crippen LogP) is 5.36. The van der Waals surface area contributed by atoms with Gasteiger partial charge < -0.3 is 14.4 Å². The number of amides is 1. The Morgan fingerprint density at radius 2 is 1.59 bits per heavy atom. The van der Waals surface area contributed by atoms with E-state index < -0.39 is 24.5 Å². The first kappa shape index (κ1) is 23.2. The molecule has 1 aliphatic rings. The van der Waals surface area contributed by atoms with Gasteiger partial charge in [-0.25, -0.2) is 4.79 Å². The summed E-state index contributed by atoms with van der Waals surface area (Å²) in [7, 11) is 1.57. The second-order valence-electron chi connectivity index (χ2n) is 7.49. The summed E-state index contributed by atoms with van der Waals surface area (Å²) >= 11 is 0. The molecule has 0 N–H and O–H groups in total. The molecule has 0 bridgehead atoms. The minimum absolute atomic E-state index is 0.0420. The molecule has 1 aliphatic heterocycles. The molecule has 0 radical (unpaired) electrons. The number of piperidine rings is 1. The van der Waals surface area contributed by atoms with Crippen molar-refractivity contribution in [2.45, 2.75) is 51.1 Å². The first-order chi connectivity index (χ1) is 13.3. The van der Waals surface area contributed by atoms with E-state index in [-0.39, 0.29) is 18.5 Å². The molecule has 1 aromatic carbocycles. The maximum absolute atomic E-state index is 12.6. The van der Waals surface area contributed by atoms with Crippen molar-refractivity contribution in [2.24, 2.45) is 5.41 Å². The summed E-state index contributed by atoms with van der Waals surface area (Å²) in [6, 6.07) is 7.55. The van der Waals surface area contributed by atoms with Crippen LogP contribution in [-0.2, 0) is 11.2 Å². The number of hydrogen-bond donors (Lipinski definition) is 0. The fourth-order valence-corrected chi connectivity index (χ4v) is 3.21. The molecule has 4 nitrogen and oxygen atoms in total. The van der Waals surface area contributed by atoms with Crippen molar-refractivity contribution in [1.82, 2.24) is 4.90 Å². The van der Waals surface area contributed by atoms with Crippen LogP contribution in [0.2, 0.25) is 0 Å². The second-order valence-corrected chi connectivity index (χ2v) is 7.49. The number of methoxy groups -OCH3 is 1. The fraction of sp³-hybridized carbons (Fsp3) is 0.632. The number of carbonyl (C=O) groups excluding carboxylic acids is 1. The Morgan fingerprint density at radius 3 is 2.03 bits per heavy atom. The molecule has 10 heteroatoms. The number of likely N-dealkylation sites (tertiary alicyclic amines) is 1. The highest BCUT2D eigenvalue weighted by molar-refractivity contribution is 5.68. The first-order valence-electron chi connectivity index (χ1n) is 9.06. The van der Waals surface area contributed by atoms with E-state index in [0.29, 0.717) is 12.8 Å². The third-order valence-corrected chi connectivity index (χ3v) is 5.22. The number of benzene rings is 1. The lowest BCUT2D eigenvalue weighted by atomic mass is 9.76. The second kappa shape index (κ2) is 8.71. The van der Waals surface area contributed by atoms with E-state index >= 15 is 0 Å². The molecule has 0 spiro atoms. The third kappa shape index (κ3) is 6.43. The maximum atomic E-state index is 12.6. The van der Waals surface area contributed by atoms with E-state index in [2.05, 4.69) is 4.74 Å². The van der Waals surface area contributed by atoms with Gasteiger partial charge in [-0.1, -0.05) is 19.1 Å². The van der Waals surface area contributed by atoms with Gasteiger partial charge in [0.15, 0.2) is 0 Å². The molecule has 1 saturated heterocycles. The van der Waals surface area contributed by atoms with Gasteiger partial charge in [0, 0.05) is 13.1 Å². The summed E-state index contributed by atoms with van der Waals surface area (Å²) in [6.45, 7) is 2.08. The molecule has 1 amide bonds. The zero-order valence-corrected chi connectivity index (χ0v) is 16.1. The third-order valence-electron chi connectivity index (χ3n) is 5.22. The van der Waals surface area contributed by atoms with Gasteiger partial charge in [-0.05, 0) is 48.8 Å². The number of carbonyl (C=O) groups is 1. The highest BCUT2D eigenvalue weighted by Gasteiger charge is 2.60. The monoisotopic (exact) mass is 427 g/mol. The highest BCUT2D eigenvalue weighted by atomic mass is 19.4. The van der Waals surface area contributed by atoms with Crippen LogP contribution in [-0.4, -0.2) is 49.6 Å². The van der Waals surface area contributed by atoms with Gasteiger partial charge >= 0.3 is 18.4 Å². The van der Waals surface area contributed by atoms with Crippen molar-refractivity contribution in [3.8, 4) is 5.75 Å². The number of hydrogen-bond acceptors (Lipinski definition) is 3. The number of alkyl halides is 6. The van der Waals surface area contributed by atoms with Crippen LogP contribution in [0, 0.1) is 5.41 Å². The molecule has 2 rings (SSSR count). The van der Waals surface area contributed by atoms with Crippen molar-refractivity contribution >= 4 is 6.09 Å². The Bertz CT molecular complexity index is 665. The molecule has 0 saturated carbocycles. The van der Waals surface area contributed by atoms with Crippen LogP contribution in [0.15, 0.2) is 24.3 Å².